The first-order valence-electron chi connectivity index (χ1n) is 18.2. The first-order chi connectivity index (χ1) is 25.2. The van der Waals surface area contributed by atoms with Crippen molar-refractivity contribution in [3.63, 3.8) is 0 Å². The van der Waals surface area contributed by atoms with Gasteiger partial charge in [0.15, 0.2) is 0 Å². The lowest BCUT2D eigenvalue weighted by Crippen LogP contribution is -2.09. The molecule has 0 amide bonds. The fourth-order valence-corrected chi connectivity index (χ4v) is 8.70. The zero-order valence-corrected chi connectivity index (χ0v) is 28.7. The van der Waals surface area contributed by atoms with Crippen molar-refractivity contribution in [2.24, 2.45) is 5.92 Å². The van der Waals surface area contributed by atoms with Crippen molar-refractivity contribution in [2.45, 2.75) is 25.2 Å². The first-order valence-corrected chi connectivity index (χ1v) is 18.2. The predicted molar refractivity (Wildman–Crippen MR) is 216 cm³/mol. The van der Waals surface area contributed by atoms with Gasteiger partial charge in [-0.1, -0.05) is 134 Å². The zero-order chi connectivity index (χ0) is 33.9. The highest BCUT2D eigenvalue weighted by molar-refractivity contribution is 6.11. The second kappa shape index (κ2) is 12.0. The summed E-state index contributed by atoms with van der Waals surface area (Å²) in [4.78, 5) is 0. The Labute approximate surface area is 298 Å². The van der Waals surface area contributed by atoms with E-state index in [1.54, 1.807) is 0 Å². The molecule has 0 fully saturated rings. The fraction of sp³-hybridized carbons (Fsp3) is 0.102. The standard InChI is InChI=1S/C49H38N2/c1-33-29-36(37-24-27-48-44(31-37)42-19-8-10-21-46(42)50(48)39-16-6-3-7-17-39)23-26-41(33)38-25-28-49-45(32-38)43-20-9-11-22-47(43)51(49)40-18-12-15-35(30-40)34-13-4-2-5-14-34/h2-29,31-33,35,41H,30H2,1H3. The third kappa shape index (κ3) is 4.94. The maximum atomic E-state index is 2.50. The van der Waals surface area contributed by atoms with Crippen LogP contribution < -0.4 is 0 Å². The molecule has 0 spiro atoms. The van der Waals surface area contributed by atoms with Crippen LogP contribution in [0.25, 0.3) is 60.6 Å². The maximum absolute atomic E-state index is 2.50. The highest BCUT2D eigenvalue weighted by Gasteiger charge is 2.23. The SMILES string of the molecule is CC1C=C(c2ccc3c(c2)c2ccccc2n3-c2ccccc2)C=CC1c1ccc2c(c1)c1ccccc1n2C1=CC=CC(c2ccccc2)C1. The molecule has 0 saturated heterocycles. The molecule has 3 unspecified atom stereocenters. The van der Waals surface area contributed by atoms with Crippen molar-refractivity contribution in [1.82, 2.24) is 9.13 Å². The number of nitrogens with zero attached hydrogens (tertiary/aromatic N) is 2. The van der Waals surface area contributed by atoms with Gasteiger partial charge < -0.3 is 9.13 Å². The fourth-order valence-electron chi connectivity index (χ4n) is 8.70. The number of aromatic nitrogens is 2. The first kappa shape index (κ1) is 29.8. The minimum absolute atomic E-state index is 0.309. The number of hydrogen-bond donors (Lipinski definition) is 0. The number of benzene rings is 6. The Morgan fingerprint density at radius 2 is 1.16 bits per heavy atom. The predicted octanol–water partition coefficient (Wildman–Crippen LogP) is 12.8. The summed E-state index contributed by atoms with van der Waals surface area (Å²) in [5, 5.41) is 5.21. The minimum atomic E-state index is 0.309. The second-order valence-corrected chi connectivity index (χ2v) is 14.2. The number of para-hydroxylation sites is 3. The summed E-state index contributed by atoms with van der Waals surface area (Å²) >= 11 is 0. The summed E-state index contributed by atoms with van der Waals surface area (Å²) in [5.74, 6) is 1.04. The molecule has 0 bridgehead atoms. The van der Waals surface area contributed by atoms with E-state index in [0.29, 0.717) is 17.8 Å². The van der Waals surface area contributed by atoms with Gasteiger partial charge in [0.05, 0.1) is 22.1 Å². The van der Waals surface area contributed by atoms with Crippen LogP contribution in [0.4, 0.5) is 0 Å². The number of hydrogen-bond acceptors (Lipinski definition) is 0. The lowest BCUT2D eigenvalue weighted by Gasteiger charge is -2.24. The van der Waals surface area contributed by atoms with E-state index in [2.05, 4.69) is 198 Å². The van der Waals surface area contributed by atoms with Crippen LogP contribution >= 0.6 is 0 Å². The molecular weight excluding hydrogens is 617 g/mol. The number of allylic oxidation sites excluding steroid dienone is 8. The zero-order valence-electron chi connectivity index (χ0n) is 28.7. The Kier molecular flexibility index (Phi) is 7.02. The molecule has 3 atom stereocenters. The topological polar surface area (TPSA) is 9.86 Å². The van der Waals surface area contributed by atoms with Crippen molar-refractivity contribution >= 4 is 54.9 Å². The van der Waals surface area contributed by atoms with Crippen LogP contribution in [-0.2, 0) is 0 Å². The van der Waals surface area contributed by atoms with E-state index in [1.807, 2.05) is 0 Å². The van der Waals surface area contributed by atoms with Gasteiger partial charge in [0, 0.05) is 44.8 Å². The van der Waals surface area contributed by atoms with E-state index < -0.39 is 0 Å². The Morgan fingerprint density at radius 1 is 0.529 bits per heavy atom. The molecule has 0 saturated carbocycles. The van der Waals surface area contributed by atoms with Crippen molar-refractivity contribution < 1.29 is 0 Å². The van der Waals surface area contributed by atoms with Crippen LogP contribution in [0.1, 0.15) is 41.9 Å². The summed E-state index contributed by atoms with van der Waals surface area (Å²) in [5.41, 5.74) is 12.8. The number of fused-ring (bicyclic) bond motifs is 6. The lowest BCUT2D eigenvalue weighted by molar-refractivity contribution is 0.638. The van der Waals surface area contributed by atoms with E-state index in [4.69, 9.17) is 0 Å². The van der Waals surface area contributed by atoms with Crippen LogP contribution in [0.3, 0.4) is 0 Å². The van der Waals surface area contributed by atoms with E-state index in [0.717, 1.165) is 6.42 Å². The Hall–Kier alpha value is -6.12. The van der Waals surface area contributed by atoms with Crippen molar-refractivity contribution in [1.29, 1.82) is 0 Å². The van der Waals surface area contributed by atoms with Crippen LogP contribution in [0, 0.1) is 5.92 Å². The molecule has 10 rings (SSSR count). The summed E-state index contributed by atoms with van der Waals surface area (Å²) in [7, 11) is 0. The van der Waals surface area contributed by atoms with Crippen LogP contribution in [0.2, 0.25) is 0 Å². The lowest BCUT2D eigenvalue weighted by atomic mass is 9.80. The summed E-state index contributed by atoms with van der Waals surface area (Å²) in [6, 6.07) is 53.4. The normalized spacial score (nSPS) is 18.9. The summed E-state index contributed by atoms with van der Waals surface area (Å²) in [6.07, 6.45) is 15.1. The third-order valence-electron chi connectivity index (χ3n) is 11.2. The molecule has 2 heteroatoms. The molecule has 2 heterocycles. The molecule has 2 aliphatic carbocycles. The highest BCUT2D eigenvalue weighted by Crippen LogP contribution is 2.42. The smallest absolute Gasteiger partial charge is 0.0541 e. The molecule has 2 aliphatic rings. The van der Waals surface area contributed by atoms with Gasteiger partial charge in [-0.05, 0) is 89.2 Å². The Balaban J connectivity index is 0.993. The van der Waals surface area contributed by atoms with Crippen LogP contribution in [0.5, 0.6) is 0 Å². The van der Waals surface area contributed by atoms with Crippen LogP contribution in [-0.4, -0.2) is 9.13 Å². The molecule has 2 nitrogen and oxygen atoms in total. The molecular formula is C49H38N2. The van der Waals surface area contributed by atoms with Crippen molar-refractivity contribution in [3.8, 4) is 5.69 Å². The van der Waals surface area contributed by atoms with Gasteiger partial charge in [0.1, 0.15) is 0 Å². The Morgan fingerprint density at radius 3 is 1.92 bits per heavy atom. The summed E-state index contributed by atoms with van der Waals surface area (Å²) in [6.45, 7) is 2.37. The number of rotatable bonds is 5. The van der Waals surface area contributed by atoms with Crippen molar-refractivity contribution in [2.75, 3.05) is 0 Å². The maximum Gasteiger partial charge on any atom is 0.0541 e. The molecule has 51 heavy (non-hydrogen) atoms. The second-order valence-electron chi connectivity index (χ2n) is 14.2. The molecule has 6 aromatic carbocycles. The van der Waals surface area contributed by atoms with Gasteiger partial charge in [-0.15, -0.1) is 0 Å². The van der Waals surface area contributed by atoms with E-state index in [-0.39, 0.29) is 0 Å². The third-order valence-corrected chi connectivity index (χ3v) is 11.2. The highest BCUT2D eigenvalue weighted by atomic mass is 15.0. The van der Waals surface area contributed by atoms with Gasteiger partial charge in [0.25, 0.3) is 0 Å². The van der Waals surface area contributed by atoms with E-state index >= 15 is 0 Å². The molecule has 0 aliphatic heterocycles. The van der Waals surface area contributed by atoms with Gasteiger partial charge >= 0.3 is 0 Å². The Bertz CT molecular complexity index is 2730. The van der Waals surface area contributed by atoms with E-state index in [9.17, 15) is 0 Å². The summed E-state index contributed by atoms with van der Waals surface area (Å²) < 4.78 is 4.88. The molecule has 244 valence electrons. The molecule has 2 aromatic heterocycles. The quantitative estimate of drug-likeness (QED) is 0.175. The molecule has 0 radical (unpaired) electrons. The van der Waals surface area contributed by atoms with Gasteiger partial charge in [-0.3, -0.25) is 0 Å². The van der Waals surface area contributed by atoms with Gasteiger partial charge in [-0.2, -0.15) is 0 Å². The molecule has 0 N–H and O–H groups in total. The van der Waals surface area contributed by atoms with Gasteiger partial charge in [-0.25, -0.2) is 0 Å². The largest absolute Gasteiger partial charge is 0.313 e. The average Bonchev–Trinajstić information content (AvgIpc) is 3.71. The van der Waals surface area contributed by atoms with Crippen molar-refractivity contribution in [3.05, 3.63) is 199 Å². The average molecular weight is 655 g/mol. The minimum Gasteiger partial charge on any atom is -0.313 e. The molecule has 8 aromatic rings. The van der Waals surface area contributed by atoms with Gasteiger partial charge in [0.2, 0.25) is 0 Å². The monoisotopic (exact) mass is 654 g/mol. The van der Waals surface area contributed by atoms with Crippen LogP contribution in [0.15, 0.2) is 182 Å². The van der Waals surface area contributed by atoms with E-state index in [1.165, 1.54) is 77.3 Å².